The Labute approximate surface area is 168 Å². The molecule has 2 atom stereocenters. The smallest absolute Gasteiger partial charge is 0.269 e. The van der Waals surface area contributed by atoms with E-state index in [2.05, 4.69) is 10.3 Å². The number of hydrogen-bond acceptors (Lipinski definition) is 3. The number of nitrogens with zero attached hydrogens (tertiary/aromatic N) is 1. The number of anilines is 1. The Bertz CT molecular complexity index is 834. The van der Waals surface area contributed by atoms with E-state index in [4.69, 9.17) is 5.73 Å². The SMILES string of the molecule is CC.CC=N/C(C(=O)NC)=C1/C=CC(c2c(C)ccc(N)c2F)=CC(C)C1C. The molecule has 152 valence electrons. The third kappa shape index (κ3) is 4.97. The number of nitrogens with two attached hydrogens (primary N) is 1. The number of aliphatic imine (C=N–C) groups is 1. The highest BCUT2D eigenvalue weighted by molar-refractivity contribution is 5.95. The number of amides is 1. The third-order valence-electron chi connectivity index (χ3n) is 4.81. The van der Waals surface area contributed by atoms with Crippen molar-refractivity contribution < 1.29 is 9.18 Å². The van der Waals surface area contributed by atoms with Crippen molar-refractivity contribution in [3.63, 3.8) is 0 Å². The Kier molecular flexibility index (Phi) is 8.83. The lowest BCUT2D eigenvalue weighted by atomic mass is 9.87. The summed E-state index contributed by atoms with van der Waals surface area (Å²) in [6.45, 7) is 11.7. The van der Waals surface area contributed by atoms with Crippen LogP contribution in [0.1, 0.15) is 45.7 Å². The van der Waals surface area contributed by atoms with Crippen LogP contribution in [0.5, 0.6) is 0 Å². The van der Waals surface area contributed by atoms with Crippen LogP contribution in [0.25, 0.3) is 5.57 Å². The van der Waals surface area contributed by atoms with Gasteiger partial charge in [-0.25, -0.2) is 4.39 Å². The Balaban J connectivity index is 0.00000190. The van der Waals surface area contributed by atoms with E-state index >= 15 is 0 Å². The fraction of sp³-hybridized carbons (Fsp3) is 0.391. The second-order valence-electron chi connectivity index (χ2n) is 6.53. The van der Waals surface area contributed by atoms with Crippen LogP contribution >= 0.6 is 0 Å². The van der Waals surface area contributed by atoms with Gasteiger partial charge in [0.05, 0.1) is 5.69 Å². The van der Waals surface area contributed by atoms with Gasteiger partial charge in [0.15, 0.2) is 5.82 Å². The van der Waals surface area contributed by atoms with Gasteiger partial charge in [-0.1, -0.05) is 52.0 Å². The summed E-state index contributed by atoms with van der Waals surface area (Å²) in [5.74, 6) is -0.519. The topological polar surface area (TPSA) is 67.5 Å². The maximum absolute atomic E-state index is 14.7. The summed E-state index contributed by atoms with van der Waals surface area (Å²) in [6.07, 6.45) is 7.33. The molecule has 1 aliphatic carbocycles. The maximum Gasteiger partial charge on any atom is 0.269 e. The van der Waals surface area contributed by atoms with Gasteiger partial charge >= 0.3 is 0 Å². The third-order valence-corrected chi connectivity index (χ3v) is 4.81. The van der Waals surface area contributed by atoms with Crippen molar-refractivity contribution in [2.75, 3.05) is 12.8 Å². The van der Waals surface area contributed by atoms with Gasteiger partial charge in [-0.3, -0.25) is 9.79 Å². The number of likely N-dealkylation sites (N-methyl/N-ethyl adjacent to an activating group) is 1. The molecule has 2 unspecified atom stereocenters. The lowest BCUT2D eigenvalue weighted by Crippen LogP contribution is -2.22. The number of halogens is 1. The quantitative estimate of drug-likeness (QED) is 0.434. The van der Waals surface area contributed by atoms with Crippen molar-refractivity contribution in [1.29, 1.82) is 0 Å². The molecule has 1 amide bonds. The molecule has 3 N–H and O–H groups in total. The largest absolute Gasteiger partial charge is 0.396 e. The lowest BCUT2D eigenvalue weighted by molar-refractivity contribution is -0.117. The summed E-state index contributed by atoms with van der Waals surface area (Å²) >= 11 is 0. The van der Waals surface area contributed by atoms with Gasteiger partial charge in [-0.2, -0.15) is 0 Å². The molecule has 0 aromatic heterocycles. The van der Waals surface area contributed by atoms with Crippen LogP contribution in [0.15, 0.2) is 46.6 Å². The van der Waals surface area contributed by atoms with E-state index in [1.54, 1.807) is 26.3 Å². The van der Waals surface area contributed by atoms with Crippen molar-refractivity contribution >= 4 is 23.4 Å². The highest BCUT2D eigenvalue weighted by Crippen LogP contribution is 2.35. The minimum absolute atomic E-state index is 0.0455. The summed E-state index contributed by atoms with van der Waals surface area (Å²) in [7, 11) is 1.58. The molecular weight excluding hydrogens is 353 g/mol. The number of aryl methyl sites for hydroxylation is 1. The number of rotatable bonds is 3. The number of nitrogens with one attached hydrogen (secondary N) is 1. The number of carbonyl (C=O) groups is 1. The van der Waals surface area contributed by atoms with E-state index in [1.807, 2.05) is 58.9 Å². The zero-order valence-corrected chi connectivity index (χ0v) is 17.9. The molecular formula is C23H32FN3O. The van der Waals surface area contributed by atoms with Crippen LogP contribution in [0, 0.1) is 24.6 Å². The first kappa shape index (κ1) is 23.3. The van der Waals surface area contributed by atoms with E-state index < -0.39 is 5.82 Å². The summed E-state index contributed by atoms with van der Waals surface area (Å²) in [4.78, 5) is 16.5. The molecule has 1 aliphatic rings. The van der Waals surface area contributed by atoms with Crippen molar-refractivity contribution in [3.05, 3.63) is 58.6 Å². The molecule has 0 spiro atoms. The lowest BCUT2D eigenvalue weighted by Gasteiger charge is -2.19. The van der Waals surface area contributed by atoms with Gasteiger partial charge in [0, 0.05) is 18.8 Å². The zero-order chi connectivity index (χ0) is 21.4. The molecule has 0 radical (unpaired) electrons. The van der Waals surface area contributed by atoms with Crippen molar-refractivity contribution in [2.45, 2.75) is 41.5 Å². The highest BCUT2D eigenvalue weighted by atomic mass is 19.1. The molecule has 5 heteroatoms. The van der Waals surface area contributed by atoms with Gasteiger partial charge in [0.25, 0.3) is 5.91 Å². The minimum atomic E-state index is -0.411. The Hall–Kier alpha value is -2.69. The highest BCUT2D eigenvalue weighted by Gasteiger charge is 2.24. The molecule has 1 aromatic rings. The van der Waals surface area contributed by atoms with Gasteiger partial charge in [0.1, 0.15) is 5.70 Å². The van der Waals surface area contributed by atoms with E-state index in [-0.39, 0.29) is 23.4 Å². The first-order valence-electron chi connectivity index (χ1n) is 9.71. The van der Waals surface area contributed by atoms with Crippen LogP contribution in [0.2, 0.25) is 0 Å². The standard InChI is InChI=1S/C21H26FN3O.C2H6/c1-6-25-20(21(26)24-5)16-9-8-15(11-13(3)14(16)4)18-12(2)7-10-17(23)19(18)22;1-2/h6-11,13-14H,23H2,1-5H3,(H,24,26);1-2H3/b20-16-,25-6?;. The van der Waals surface area contributed by atoms with E-state index in [0.717, 1.165) is 16.7 Å². The van der Waals surface area contributed by atoms with Crippen molar-refractivity contribution in [1.82, 2.24) is 5.32 Å². The predicted molar refractivity (Wildman–Crippen MR) is 118 cm³/mol. The molecule has 1 aromatic carbocycles. The van der Waals surface area contributed by atoms with Crippen LogP contribution in [0.4, 0.5) is 10.1 Å². The first-order chi connectivity index (χ1) is 13.3. The molecule has 0 saturated carbocycles. The summed E-state index contributed by atoms with van der Waals surface area (Å²) < 4.78 is 14.7. The average molecular weight is 386 g/mol. The Morgan fingerprint density at radius 2 is 1.89 bits per heavy atom. The Morgan fingerprint density at radius 1 is 1.25 bits per heavy atom. The van der Waals surface area contributed by atoms with Crippen LogP contribution in [0.3, 0.4) is 0 Å². The molecule has 4 nitrogen and oxygen atoms in total. The predicted octanol–water partition coefficient (Wildman–Crippen LogP) is 5.06. The number of carbonyl (C=O) groups excluding carboxylic acids is 1. The van der Waals surface area contributed by atoms with Gasteiger partial charge in [0.2, 0.25) is 0 Å². The van der Waals surface area contributed by atoms with E-state index in [1.165, 1.54) is 0 Å². The molecule has 0 bridgehead atoms. The fourth-order valence-corrected chi connectivity index (χ4v) is 3.11. The first-order valence-corrected chi connectivity index (χ1v) is 9.71. The summed E-state index contributed by atoms with van der Waals surface area (Å²) in [5, 5.41) is 2.63. The number of nitrogen functional groups attached to an aromatic ring is 1. The maximum atomic E-state index is 14.7. The summed E-state index contributed by atoms with van der Waals surface area (Å²) in [5.41, 5.74) is 9.17. The van der Waals surface area contributed by atoms with Crippen LogP contribution in [-0.2, 0) is 4.79 Å². The normalized spacial score (nSPS) is 20.8. The van der Waals surface area contributed by atoms with Crippen LogP contribution < -0.4 is 11.1 Å². The number of allylic oxidation sites excluding steroid dienone is 5. The number of hydrogen-bond donors (Lipinski definition) is 2. The van der Waals surface area contributed by atoms with Crippen molar-refractivity contribution in [2.24, 2.45) is 16.8 Å². The molecule has 28 heavy (non-hydrogen) atoms. The van der Waals surface area contributed by atoms with Gasteiger partial charge in [-0.05, 0) is 48.5 Å². The average Bonchev–Trinajstić information content (AvgIpc) is 2.83. The second-order valence-corrected chi connectivity index (χ2v) is 6.53. The summed E-state index contributed by atoms with van der Waals surface area (Å²) in [6, 6.07) is 3.39. The van der Waals surface area contributed by atoms with E-state index in [0.29, 0.717) is 11.3 Å². The Morgan fingerprint density at radius 3 is 2.46 bits per heavy atom. The van der Waals surface area contributed by atoms with Gasteiger partial charge in [-0.15, -0.1) is 0 Å². The fourth-order valence-electron chi connectivity index (χ4n) is 3.11. The molecule has 0 saturated heterocycles. The second kappa shape index (κ2) is 10.6. The minimum Gasteiger partial charge on any atom is -0.396 e. The monoisotopic (exact) mass is 385 g/mol. The molecule has 2 rings (SSSR count). The van der Waals surface area contributed by atoms with Crippen molar-refractivity contribution in [3.8, 4) is 0 Å². The molecule has 0 heterocycles. The van der Waals surface area contributed by atoms with E-state index in [9.17, 15) is 9.18 Å². The molecule has 0 fully saturated rings. The molecule has 0 aliphatic heterocycles. The van der Waals surface area contributed by atoms with Gasteiger partial charge < -0.3 is 11.1 Å². The number of benzene rings is 1. The van der Waals surface area contributed by atoms with Crippen LogP contribution in [-0.4, -0.2) is 19.2 Å². The zero-order valence-electron chi connectivity index (χ0n) is 17.9.